The SMILES string of the molecule is Cc1cc2c(NCC(C(C)C)N3CCN(C)CC3)ncnc2s1. The second-order valence-electron chi connectivity index (χ2n) is 6.83. The summed E-state index contributed by atoms with van der Waals surface area (Å²) in [6, 6.07) is 2.72. The van der Waals surface area contributed by atoms with Crippen LogP contribution in [0.2, 0.25) is 0 Å². The number of likely N-dealkylation sites (N-methyl/N-ethyl adjacent to an activating group) is 1. The van der Waals surface area contributed by atoms with Crippen molar-refractivity contribution >= 4 is 27.4 Å². The number of nitrogens with zero attached hydrogens (tertiary/aromatic N) is 4. The Bertz CT molecular complexity index is 645. The van der Waals surface area contributed by atoms with E-state index in [0.29, 0.717) is 12.0 Å². The van der Waals surface area contributed by atoms with Crippen LogP contribution >= 0.6 is 11.3 Å². The standard InChI is InChI=1S/C17H27N5S/c1-12(2)15(22-7-5-21(4)6-8-22)10-18-16-14-9-13(3)23-17(14)20-11-19-16/h9,11-12,15H,5-8,10H2,1-4H3,(H,18,19,20). The fraction of sp³-hybridized carbons (Fsp3) is 0.647. The Balaban J connectivity index is 1.71. The molecule has 3 heterocycles. The first kappa shape index (κ1) is 16.6. The summed E-state index contributed by atoms with van der Waals surface area (Å²) < 4.78 is 0. The molecular weight excluding hydrogens is 306 g/mol. The number of aryl methyl sites for hydroxylation is 1. The first-order valence-electron chi connectivity index (χ1n) is 8.42. The molecular formula is C17H27N5S. The molecule has 1 N–H and O–H groups in total. The van der Waals surface area contributed by atoms with Crippen LogP contribution in [0, 0.1) is 12.8 Å². The van der Waals surface area contributed by atoms with Gasteiger partial charge in [0.15, 0.2) is 0 Å². The molecule has 0 bridgehead atoms. The third-order valence-electron chi connectivity index (χ3n) is 4.71. The van der Waals surface area contributed by atoms with Gasteiger partial charge in [-0.1, -0.05) is 13.8 Å². The van der Waals surface area contributed by atoms with E-state index in [-0.39, 0.29) is 0 Å². The van der Waals surface area contributed by atoms with Gasteiger partial charge >= 0.3 is 0 Å². The van der Waals surface area contributed by atoms with E-state index in [1.165, 1.54) is 4.88 Å². The molecule has 126 valence electrons. The predicted octanol–water partition coefficient (Wildman–Crippen LogP) is 2.68. The van der Waals surface area contributed by atoms with E-state index in [0.717, 1.165) is 48.8 Å². The van der Waals surface area contributed by atoms with Gasteiger partial charge in [-0.2, -0.15) is 0 Å². The lowest BCUT2D eigenvalue weighted by atomic mass is 10.0. The molecule has 6 heteroatoms. The van der Waals surface area contributed by atoms with Crippen molar-refractivity contribution < 1.29 is 0 Å². The highest BCUT2D eigenvalue weighted by Gasteiger charge is 2.25. The number of hydrogen-bond donors (Lipinski definition) is 1. The maximum Gasteiger partial charge on any atom is 0.138 e. The van der Waals surface area contributed by atoms with E-state index in [2.05, 4.69) is 59.0 Å². The molecule has 1 unspecified atom stereocenters. The van der Waals surface area contributed by atoms with Gasteiger partial charge < -0.3 is 10.2 Å². The fourth-order valence-electron chi connectivity index (χ4n) is 3.26. The summed E-state index contributed by atoms with van der Waals surface area (Å²) >= 11 is 1.73. The van der Waals surface area contributed by atoms with E-state index in [4.69, 9.17) is 0 Å². The van der Waals surface area contributed by atoms with E-state index >= 15 is 0 Å². The molecule has 1 saturated heterocycles. The van der Waals surface area contributed by atoms with Crippen LogP contribution in [-0.4, -0.2) is 65.6 Å². The molecule has 2 aromatic heterocycles. The van der Waals surface area contributed by atoms with Crippen molar-refractivity contribution in [3.8, 4) is 0 Å². The van der Waals surface area contributed by atoms with Gasteiger partial charge in [-0.15, -0.1) is 11.3 Å². The minimum Gasteiger partial charge on any atom is -0.368 e. The second-order valence-corrected chi connectivity index (χ2v) is 8.06. The molecule has 0 radical (unpaired) electrons. The average Bonchev–Trinajstić information content (AvgIpc) is 2.90. The Hall–Kier alpha value is -1.24. The van der Waals surface area contributed by atoms with Crippen LogP contribution in [0.4, 0.5) is 5.82 Å². The smallest absolute Gasteiger partial charge is 0.138 e. The van der Waals surface area contributed by atoms with Crippen LogP contribution in [0.3, 0.4) is 0 Å². The molecule has 1 aliphatic heterocycles. The summed E-state index contributed by atoms with van der Waals surface area (Å²) in [5.41, 5.74) is 0. The number of aromatic nitrogens is 2. The number of rotatable bonds is 5. The zero-order chi connectivity index (χ0) is 16.4. The van der Waals surface area contributed by atoms with Gasteiger partial charge in [-0.3, -0.25) is 4.90 Å². The van der Waals surface area contributed by atoms with Crippen LogP contribution in [0.5, 0.6) is 0 Å². The summed E-state index contributed by atoms with van der Waals surface area (Å²) in [6.45, 7) is 12.3. The summed E-state index contributed by atoms with van der Waals surface area (Å²) in [5, 5.41) is 4.74. The largest absolute Gasteiger partial charge is 0.368 e. The molecule has 1 fully saturated rings. The lowest BCUT2D eigenvalue weighted by molar-refractivity contribution is 0.0944. The van der Waals surface area contributed by atoms with Gasteiger partial charge in [0, 0.05) is 43.6 Å². The zero-order valence-corrected chi connectivity index (χ0v) is 15.4. The molecule has 23 heavy (non-hydrogen) atoms. The highest BCUT2D eigenvalue weighted by molar-refractivity contribution is 7.18. The van der Waals surface area contributed by atoms with E-state index in [1.54, 1.807) is 17.7 Å². The molecule has 5 nitrogen and oxygen atoms in total. The maximum absolute atomic E-state index is 4.47. The van der Waals surface area contributed by atoms with Crippen molar-refractivity contribution in [3.63, 3.8) is 0 Å². The molecule has 0 saturated carbocycles. The second kappa shape index (κ2) is 7.11. The highest BCUT2D eigenvalue weighted by atomic mass is 32.1. The summed E-state index contributed by atoms with van der Waals surface area (Å²) in [6.07, 6.45) is 1.67. The minimum atomic E-state index is 0.536. The topological polar surface area (TPSA) is 44.3 Å². The van der Waals surface area contributed by atoms with Crippen LogP contribution in [0.1, 0.15) is 18.7 Å². The lowest BCUT2D eigenvalue weighted by Gasteiger charge is -2.40. The zero-order valence-electron chi connectivity index (χ0n) is 14.5. The maximum atomic E-state index is 4.47. The molecule has 1 aliphatic rings. The quantitative estimate of drug-likeness (QED) is 0.911. The summed E-state index contributed by atoms with van der Waals surface area (Å²) in [7, 11) is 2.20. The van der Waals surface area contributed by atoms with Gasteiger partial charge in [-0.25, -0.2) is 9.97 Å². The Morgan fingerprint density at radius 3 is 2.65 bits per heavy atom. The first-order valence-corrected chi connectivity index (χ1v) is 9.24. The average molecular weight is 334 g/mol. The Labute approximate surface area is 142 Å². The lowest BCUT2D eigenvalue weighted by Crippen LogP contribution is -2.52. The van der Waals surface area contributed by atoms with Crippen LogP contribution in [0.25, 0.3) is 10.2 Å². The Kier molecular flexibility index (Phi) is 5.14. The highest BCUT2D eigenvalue weighted by Crippen LogP contribution is 2.27. The van der Waals surface area contributed by atoms with Crippen LogP contribution < -0.4 is 5.32 Å². The number of piperazine rings is 1. The van der Waals surface area contributed by atoms with Crippen LogP contribution in [0.15, 0.2) is 12.4 Å². The molecule has 0 aliphatic carbocycles. The number of hydrogen-bond acceptors (Lipinski definition) is 6. The van der Waals surface area contributed by atoms with Crippen molar-refractivity contribution in [2.45, 2.75) is 26.8 Å². The van der Waals surface area contributed by atoms with Crippen molar-refractivity contribution in [2.24, 2.45) is 5.92 Å². The monoisotopic (exact) mass is 333 g/mol. The molecule has 0 aromatic carbocycles. The van der Waals surface area contributed by atoms with Gasteiger partial charge in [0.1, 0.15) is 17.0 Å². The van der Waals surface area contributed by atoms with Gasteiger partial charge in [0.2, 0.25) is 0 Å². The predicted molar refractivity (Wildman–Crippen MR) is 98.3 cm³/mol. The van der Waals surface area contributed by atoms with Crippen molar-refractivity contribution in [1.29, 1.82) is 0 Å². The van der Waals surface area contributed by atoms with E-state index in [1.807, 2.05) is 0 Å². The van der Waals surface area contributed by atoms with Crippen molar-refractivity contribution in [3.05, 3.63) is 17.3 Å². The Morgan fingerprint density at radius 2 is 1.96 bits per heavy atom. The number of fused-ring (bicyclic) bond motifs is 1. The molecule has 3 rings (SSSR count). The molecule has 0 spiro atoms. The van der Waals surface area contributed by atoms with Gasteiger partial charge in [0.25, 0.3) is 0 Å². The third kappa shape index (κ3) is 3.82. The molecule has 1 atom stereocenters. The fourth-order valence-corrected chi connectivity index (χ4v) is 4.11. The van der Waals surface area contributed by atoms with Gasteiger partial charge in [0.05, 0.1) is 5.39 Å². The molecule has 2 aromatic rings. The number of anilines is 1. The van der Waals surface area contributed by atoms with Gasteiger partial charge in [-0.05, 0) is 26.0 Å². The van der Waals surface area contributed by atoms with Crippen molar-refractivity contribution in [2.75, 3.05) is 45.1 Å². The summed E-state index contributed by atoms with van der Waals surface area (Å²) in [4.78, 5) is 16.2. The van der Waals surface area contributed by atoms with Crippen molar-refractivity contribution in [1.82, 2.24) is 19.8 Å². The molecule has 0 amide bonds. The Morgan fingerprint density at radius 1 is 1.22 bits per heavy atom. The minimum absolute atomic E-state index is 0.536. The summed E-state index contributed by atoms with van der Waals surface area (Å²) in [5.74, 6) is 1.59. The number of thiophene rings is 1. The van der Waals surface area contributed by atoms with E-state index < -0.39 is 0 Å². The van der Waals surface area contributed by atoms with E-state index in [9.17, 15) is 0 Å². The van der Waals surface area contributed by atoms with Crippen LogP contribution in [-0.2, 0) is 0 Å². The normalized spacial score (nSPS) is 18.7. The number of nitrogens with one attached hydrogen (secondary N) is 1. The first-order chi connectivity index (χ1) is 11.0. The third-order valence-corrected chi connectivity index (χ3v) is 5.67.